The molecule has 0 spiro atoms. The van der Waals surface area contributed by atoms with Crippen LogP contribution in [0.1, 0.15) is 48.9 Å². The van der Waals surface area contributed by atoms with Crippen molar-refractivity contribution >= 4 is 16.9 Å². The number of hydrogen-bond donors (Lipinski definition) is 2. The Kier molecular flexibility index (Phi) is 4.75. The van der Waals surface area contributed by atoms with E-state index in [0.717, 1.165) is 22.4 Å². The van der Waals surface area contributed by atoms with Crippen molar-refractivity contribution < 1.29 is 9.90 Å². The third kappa shape index (κ3) is 3.88. The van der Waals surface area contributed by atoms with Crippen molar-refractivity contribution in [2.75, 3.05) is 6.54 Å². The Morgan fingerprint density at radius 3 is 2.70 bits per heavy atom. The third-order valence-corrected chi connectivity index (χ3v) is 3.92. The van der Waals surface area contributed by atoms with E-state index in [2.05, 4.69) is 15.4 Å². The zero-order chi connectivity index (χ0) is 17.4. The number of hydrogen-bond acceptors (Lipinski definition) is 4. The van der Waals surface area contributed by atoms with Crippen LogP contribution in [0, 0.1) is 19.3 Å². The van der Waals surface area contributed by atoms with Crippen molar-refractivity contribution in [2.24, 2.45) is 12.5 Å². The molecule has 0 aliphatic heterocycles. The number of pyridine rings is 1. The Morgan fingerprint density at radius 2 is 2.09 bits per heavy atom. The zero-order valence-corrected chi connectivity index (χ0v) is 14.8. The molecule has 0 saturated carbocycles. The maximum atomic E-state index is 12.7. The van der Waals surface area contributed by atoms with Crippen molar-refractivity contribution in [3.8, 4) is 0 Å². The summed E-state index contributed by atoms with van der Waals surface area (Å²) in [5.41, 5.74) is 2.73. The first-order valence-corrected chi connectivity index (χ1v) is 7.88. The van der Waals surface area contributed by atoms with Gasteiger partial charge in [-0.05, 0) is 38.7 Å². The van der Waals surface area contributed by atoms with Crippen molar-refractivity contribution in [3.05, 3.63) is 23.0 Å². The van der Waals surface area contributed by atoms with Gasteiger partial charge in [0.05, 0.1) is 22.7 Å². The molecule has 0 radical (unpaired) electrons. The highest BCUT2D eigenvalue weighted by atomic mass is 16.3. The highest BCUT2D eigenvalue weighted by molar-refractivity contribution is 6.06. The van der Waals surface area contributed by atoms with Gasteiger partial charge in [0, 0.05) is 19.3 Å². The maximum Gasteiger partial charge on any atom is 0.252 e. The lowest BCUT2D eigenvalue weighted by molar-refractivity contribution is 0.0903. The van der Waals surface area contributed by atoms with E-state index in [4.69, 9.17) is 0 Å². The molecule has 2 heterocycles. The van der Waals surface area contributed by atoms with Gasteiger partial charge in [0.1, 0.15) is 0 Å². The van der Waals surface area contributed by atoms with Gasteiger partial charge in [0.25, 0.3) is 5.91 Å². The molecule has 0 bridgehead atoms. The van der Waals surface area contributed by atoms with Gasteiger partial charge in [-0.1, -0.05) is 13.8 Å². The Morgan fingerprint density at radius 1 is 1.43 bits per heavy atom. The number of aliphatic hydroxyl groups excluding tert-OH is 1. The molecule has 2 rings (SSSR count). The van der Waals surface area contributed by atoms with E-state index >= 15 is 0 Å². The number of aryl methyl sites for hydroxylation is 3. The molecule has 0 aromatic carbocycles. The number of fused-ring (bicyclic) bond motifs is 1. The van der Waals surface area contributed by atoms with Crippen LogP contribution in [-0.2, 0) is 7.05 Å². The molecule has 2 aromatic heterocycles. The third-order valence-electron chi connectivity index (χ3n) is 3.92. The molecule has 6 heteroatoms. The van der Waals surface area contributed by atoms with Crippen LogP contribution in [0.25, 0.3) is 11.0 Å². The second-order valence-electron chi connectivity index (χ2n) is 7.12. The fourth-order valence-corrected chi connectivity index (χ4v) is 3.04. The summed E-state index contributed by atoms with van der Waals surface area (Å²) in [6.45, 7) is 10.1. The van der Waals surface area contributed by atoms with Gasteiger partial charge in [0.2, 0.25) is 0 Å². The number of carbonyl (C=O) groups is 1. The summed E-state index contributed by atoms with van der Waals surface area (Å²) in [5, 5.41) is 17.7. The summed E-state index contributed by atoms with van der Waals surface area (Å²) in [7, 11) is 1.83. The number of nitrogens with one attached hydrogen (secondary N) is 1. The number of nitrogens with zero attached hydrogens (tertiary/aromatic N) is 3. The highest BCUT2D eigenvalue weighted by Gasteiger charge is 2.23. The average molecular weight is 318 g/mol. The Hall–Kier alpha value is -1.95. The molecule has 1 atom stereocenters. The minimum atomic E-state index is -0.391. The summed E-state index contributed by atoms with van der Waals surface area (Å²) in [4.78, 5) is 17.1. The second kappa shape index (κ2) is 6.28. The quantitative estimate of drug-likeness (QED) is 0.885. The first-order chi connectivity index (χ1) is 10.6. The van der Waals surface area contributed by atoms with Gasteiger partial charge in [-0.15, -0.1) is 0 Å². The van der Waals surface area contributed by atoms with Crippen molar-refractivity contribution in [3.63, 3.8) is 0 Å². The SMILES string of the molecule is Cc1cc(C(=O)NCC(C)(C)CC(C)O)c2c(C)nn(C)c2n1. The fraction of sp³-hybridized carbons (Fsp3) is 0.588. The van der Waals surface area contributed by atoms with Crippen LogP contribution in [0.4, 0.5) is 0 Å². The van der Waals surface area contributed by atoms with Gasteiger partial charge in [-0.2, -0.15) is 5.10 Å². The minimum absolute atomic E-state index is 0.129. The maximum absolute atomic E-state index is 12.7. The Labute approximate surface area is 136 Å². The molecule has 0 saturated heterocycles. The predicted molar refractivity (Wildman–Crippen MR) is 90.4 cm³/mol. The first kappa shape index (κ1) is 17.4. The molecular formula is C17H26N4O2. The number of amides is 1. The Bertz CT molecular complexity index is 732. The molecule has 0 fully saturated rings. The number of aliphatic hydroxyl groups is 1. The molecular weight excluding hydrogens is 292 g/mol. The molecule has 0 aliphatic carbocycles. The summed E-state index contributed by atoms with van der Waals surface area (Å²) < 4.78 is 1.70. The molecule has 2 N–H and O–H groups in total. The van der Waals surface area contributed by atoms with Crippen molar-refractivity contribution in [1.29, 1.82) is 0 Å². The van der Waals surface area contributed by atoms with Crippen molar-refractivity contribution in [1.82, 2.24) is 20.1 Å². The topological polar surface area (TPSA) is 80.0 Å². The normalized spacial score (nSPS) is 13.3. The molecule has 1 unspecified atom stereocenters. The van der Waals surface area contributed by atoms with Crippen LogP contribution in [-0.4, -0.2) is 38.4 Å². The smallest absolute Gasteiger partial charge is 0.252 e. The fourth-order valence-electron chi connectivity index (χ4n) is 3.04. The highest BCUT2D eigenvalue weighted by Crippen LogP contribution is 2.23. The standard InChI is InChI=1S/C17H26N4O2/c1-10-7-13(14-12(3)20-21(6)15(14)19-10)16(23)18-9-17(4,5)8-11(2)22/h7,11,22H,8-9H2,1-6H3,(H,18,23). The lowest BCUT2D eigenvalue weighted by Crippen LogP contribution is -2.35. The van der Waals surface area contributed by atoms with Crippen LogP contribution in [0.5, 0.6) is 0 Å². The Balaban J connectivity index is 2.28. The van der Waals surface area contributed by atoms with E-state index in [-0.39, 0.29) is 11.3 Å². The second-order valence-corrected chi connectivity index (χ2v) is 7.12. The van der Waals surface area contributed by atoms with E-state index in [1.807, 2.05) is 34.7 Å². The molecule has 126 valence electrons. The minimum Gasteiger partial charge on any atom is -0.393 e. The number of rotatable bonds is 5. The lowest BCUT2D eigenvalue weighted by atomic mass is 9.87. The zero-order valence-electron chi connectivity index (χ0n) is 14.8. The summed E-state index contributed by atoms with van der Waals surface area (Å²) >= 11 is 0. The molecule has 0 aliphatic rings. The molecule has 1 amide bonds. The van der Waals surface area contributed by atoms with Crippen LogP contribution >= 0.6 is 0 Å². The summed E-state index contributed by atoms with van der Waals surface area (Å²) in [6.07, 6.45) is 0.238. The van der Waals surface area contributed by atoms with E-state index < -0.39 is 6.10 Å². The largest absolute Gasteiger partial charge is 0.393 e. The monoisotopic (exact) mass is 318 g/mol. The summed E-state index contributed by atoms with van der Waals surface area (Å²) in [5.74, 6) is -0.129. The van der Waals surface area contributed by atoms with Gasteiger partial charge < -0.3 is 10.4 Å². The van der Waals surface area contributed by atoms with E-state index in [0.29, 0.717) is 18.5 Å². The van der Waals surface area contributed by atoms with Gasteiger partial charge >= 0.3 is 0 Å². The van der Waals surface area contributed by atoms with Gasteiger partial charge in [0.15, 0.2) is 5.65 Å². The first-order valence-electron chi connectivity index (χ1n) is 7.88. The number of aromatic nitrogens is 3. The predicted octanol–water partition coefficient (Wildman–Crippen LogP) is 2.11. The van der Waals surface area contributed by atoms with Crippen molar-refractivity contribution in [2.45, 2.75) is 47.1 Å². The van der Waals surface area contributed by atoms with Crippen LogP contribution in [0.15, 0.2) is 6.07 Å². The lowest BCUT2D eigenvalue weighted by Gasteiger charge is -2.26. The van der Waals surface area contributed by atoms with Gasteiger partial charge in [-0.25, -0.2) is 4.98 Å². The molecule has 6 nitrogen and oxygen atoms in total. The van der Waals surface area contributed by atoms with Crippen LogP contribution in [0.3, 0.4) is 0 Å². The van der Waals surface area contributed by atoms with E-state index in [1.165, 1.54) is 0 Å². The van der Waals surface area contributed by atoms with Crippen LogP contribution < -0.4 is 5.32 Å². The summed E-state index contributed by atoms with van der Waals surface area (Å²) in [6, 6.07) is 1.80. The van der Waals surface area contributed by atoms with E-state index in [9.17, 15) is 9.90 Å². The van der Waals surface area contributed by atoms with E-state index in [1.54, 1.807) is 17.7 Å². The molecule has 2 aromatic rings. The van der Waals surface area contributed by atoms with Gasteiger partial charge in [-0.3, -0.25) is 9.48 Å². The molecule has 23 heavy (non-hydrogen) atoms. The number of carbonyl (C=O) groups excluding carboxylic acids is 1. The average Bonchev–Trinajstić information content (AvgIpc) is 2.69. The van der Waals surface area contributed by atoms with Crippen LogP contribution in [0.2, 0.25) is 0 Å².